The second-order valence-corrected chi connectivity index (χ2v) is 14.6. The Kier molecular flexibility index (Phi) is 17.6. The van der Waals surface area contributed by atoms with Crippen LogP contribution in [0.5, 0.6) is 0 Å². The van der Waals surface area contributed by atoms with Crippen molar-refractivity contribution in [3.63, 3.8) is 0 Å². The lowest BCUT2D eigenvalue weighted by molar-refractivity contribution is -0.145. The number of hydrogen-bond acceptors (Lipinski definition) is 6. The van der Waals surface area contributed by atoms with Crippen molar-refractivity contribution in [2.45, 2.75) is 122 Å². The van der Waals surface area contributed by atoms with Gasteiger partial charge in [0.2, 0.25) is 0 Å². The van der Waals surface area contributed by atoms with Crippen molar-refractivity contribution in [2.24, 2.45) is 41.4 Å². The Labute approximate surface area is 274 Å². The molecule has 0 aromatic heterocycles. The van der Waals surface area contributed by atoms with Crippen molar-refractivity contribution in [2.75, 3.05) is 33.5 Å². The molecule has 1 unspecified atom stereocenters. The molecule has 1 atom stereocenters. The van der Waals surface area contributed by atoms with Gasteiger partial charge in [-0.3, -0.25) is 0 Å². The standard InChI is InChI=1S/C39H64O6/c1-5-6-7-8-31-9-11-32(12-10-31)13-14-33-17-21-36(22-18-33)37-23-19-34(20-24-37)15-16-35(27-44-38(41)29(2)25-40)28-45-39(42)30(3)26-43-4/h13-14,31-37,40H,2-3,5-12,15-28H2,1,4H3/b14-13+. The number of methoxy groups -OCH3 is 1. The third kappa shape index (κ3) is 13.8. The molecular formula is C39H64O6. The topological polar surface area (TPSA) is 82.1 Å². The summed E-state index contributed by atoms with van der Waals surface area (Å²) in [5.74, 6) is 3.82. The molecule has 6 nitrogen and oxygen atoms in total. The summed E-state index contributed by atoms with van der Waals surface area (Å²) in [6.45, 7) is 9.54. The first-order valence-electron chi connectivity index (χ1n) is 18.3. The number of allylic oxidation sites excluding steroid dienone is 2. The SMILES string of the molecule is C=C(CO)C(=O)OCC(CCC1CCC(C2CCC(/C=C/C3CCC(CCCCC)CC3)CC2)CC1)COC(=O)C(=C)COC. The molecular weight excluding hydrogens is 564 g/mol. The molecule has 0 amide bonds. The predicted molar refractivity (Wildman–Crippen MR) is 182 cm³/mol. The summed E-state index contributed by atoms with van der Waals surface area (Å²) in [5.41, 5.74) is 0.290. The third-order valence-corrected chi connectivity index (χ3v) is 11.1. The van der Waals surface area contributed by atoms with Gasteiger partial charge in [-0.05, 0) is 113 Å². The maximum atomic E-state index is 12.2. The highest BCUT2D eigenvalue weighted by molar-refractivity contribution is 5.88. The summed E-state index contributed by atoms with van der Waals surface area (Å²) in [5, 5.41) is 9.17. The van der Waals surface area contributed by atoms with Crippen LogP contribution in [0.1, 0.15) is 122 Å². The van der Waals surface area contributed by atoms with Gasteiger partial charge in [0.05, 0.1) is 37.6 Å². The molecule has 0 saturated heterocycles. The van der Waals surface area contributed by atoms with Crippen LogP contribution in [0.25, 0.3) is 0 Å². The van der Waals surface area contributed by atoms with Gasteiger partial charge in [-0.1, -0.05) is 70.8 Å². The lowest BCUT2D eigenvalue weighted by Gasteiger charge is -2.37. The molecule has 0 aromatic rings. The zero-order chi connectivity index (χ0) is 32.4. The molecule has 0 bridgehead atoms. The van der Waals surface area contributed by atoms with Crippen LogP contribution >= 0.6 is 0 Å². The lowest BCUT2D eigenvalue weighted by Crippen LogP contribution is -2.27. The molecule has 3 aliphatic rings. The summed E-state index contributed by atoms with van der Waals surface area (Å²) in [4.78, 5) is 24.3. The highest BCUT2D eigenvalue weighted by Gasteiger charge is 2.31. The minimum Gasteiger partial charge on any atom is -0.462 e. The average Bonchev–Trinajstić information content (AvgIpc) is 3.07. The zero-order valence-electron chi connectivity index (χ0n) is 28.7. The summed E-state index contributed by atoms with van der Waals surface area (Å²) in [6, 6.07) is 0. The molecule has 0 radical (unpaired) electrons. The Hall–Kier alpha value is -1.92. The van der Waals surface area contributed by atoms with Crippen LogP contribution in [0.2, 0.25) is 0 Å². The molecule has 45 heavy (non-hydrogen) atoms. The van der Waals surface area contributed by atoms with E-state index in [0.717, 1.165) is 42.4 Å². The Balaban J connectivity index is 1.34. The second-order valence-electron chi connectivity index (χ2n) is 14.6. The number of hydrogen-bond donors (Lipinski definition) is 1. The maximum absolute atomic E-state index is 12.2. The first-order valence-corrected chi connectivity index (χ1v) is 18.3. The van der Waals surface area contributed by atoms with Crippen molar-refractivity contribution in [1.82, 2.24) is 0 Å². The molecule has 0 aliphatic heterocycles. The highest BCUT2D eigenvalue weighted by atomic mass is 16.5. The summed E-state index contributed by atoms with van der Waals surface area (Å²) in [7, 11) is 1.51. The smallest absolute Gasteiger partial charge is 0.335 e. The molecule has 0 spiro atoms. The van der Waals surface area contributed by atoms with Gasteiger partial charge in [0, 0.05) is 13.0 Å². The number of carbonyl (C=O) groups excluding carboxylic acids is 2. The molecule has 3 saturated carbocycles. The summed E-state index contributed by atoms with van der Waals surface area (Å²) >= 11 is 0. The van der Waals surface area contributed by atoms with E-state index in [4.69, 9.17) is 14.2 Å². The van der Waals surface area contributed by atoms with Crippen LogP contribution in [-0.4, -0.2) is 50.6 Å². The number of esters is 2. The normalized spacial score (nSPS) is 28.0. The monoisotopic (exact) mass is 628 g/mol. The molecule has 6 heteroatoms. The van der Waals surface area contributed by atoms with Crippen LogP contribution < -0.4 is 0 Å². The Bertz CT molecular complexity index is 916. The summed E-state index contributed by atoms with van der Waals surface area (Å²) < 4.78 is 15.8. The fraction of sp³-hybridized carbons (Fsp3) is 0.795. The van der Waals surface area contributed by atoms with Gasteiger partial charge in [-0.15, -0.1) is 0 Å². The average molecular weight is 629 g/mol. The van der Waals surface area contributed by atoms with Crippen molar-refractivity contribution < 1.29 is 28.9 Å². The van der Waals surface area contributed by atoms with E-state index in [9.17, 15) is 14.7 Å². The molecule has 0 heterocycles. The van der Waals surface area contributed by atoms with E-state index in [2.05, 4.69) is 32.2 Å². The van der Waals surface area contributed by atoms with Gasteiger partial charge in [-0.25, -0.2) is 9.59 Å². The Morgan fingerprint density at radius 1 is 0.733 bits per heavy atom. The number of aliphatic hydroxyl groups is 1. The van der Waals surface area contributed by atoms with E-state index < -0.39 is 18.5 Å². The fourth-order valence-corrected chi connectivity index (χ4v) is 8.00. The van der Waals surface area contributed by atoms with Gasteiger partial charge in [0.1, 0.15) is 0 Å². The zero-order valence-corrected chi connectivity index (χ0v) is 28.7. The highest BCUT2D eigenvalue weighted by Crippen LogP contribution is 2.43. The van der Waals surface area contributed by atoms with Gasteiger partial charge >= 0.3 is 11.9 Å². The van der Waals surface area contributed by atoms with Crippen LogP contribution in [0.4, 0.5) is 0 Å². The fourth-order valence-electron chi connectivity index (χ4n) is 8.00. The van der Waals surface area contributed by atoms with E-state index in [1.165, 1.54) is 110 Å². The van der Waals surface area contributed by atoms with Crippen LogP contribution in [0.15, 0.2) is 36.5 Å². The molecule has 3 aliphatic carbocycles. The van der Waals surface area contributed by atoms with E-state index in [1.54, 1.807) is 0 Å². The first-order chi connectivity index (χ1) is 21.8. The van der Waals surface area contributed by atoms with Crippen LogP contribution in [0, 0.1) is 41.4 Å². The first kappa shape index (κ1) is 37.5. The molecule has 1 N–H and O–H groups in total. The number of aliphatic hydroxyl groups excluding tert-OH is 1. The Morgan fingerprint density at radius 3 is 1.76 bits per heavy atom. The Morgan fingerprint density at radius 2 is 1.22 bits per heavy atom. The van der Waals surface area contributed by atoms with E-state index in [0.29, 0.717) is 5.92 Å². The van der Waals surface area contributed by atoms with E-state index in [1.807, 2.05) is 0 Å². The van der Waals surface area contributed by atoms with Crippen LogP contribution in [-0.2, 0) is 23.8 Å². The molecule has 256 valence electrons. The van der Waals surface area contributed by atoms with Crippen molar-refractivity contribution in [3.05, 3.63) is 36.5 Å². The number of carbonyl (C=O) groups is 2. The third-order valence-electron chi connectivity index (χ3n) is 11.1. The van der Waals surface area contributed by atoms with Gasteiger partial charge in [0.25, 0.3) is 0 Å². The number of ether oxygens (including phenoxy) is 3. The van der Waals surface area contributed by atoms with E-state index in [-0.39, 0.29) is 36.9 Å². The second kappa shape index (κ2) is 21.1. The molecule has 3 fully saturated rings. The van der Waals surface area contributed by atoms with Crippen molar-refractivity contribution in [1.29, 1.82) is 0 Å². The van der Waals surface area contributed by atoms with Crippen molar-refractivity contribution in [3.8, 4) is 0 Å². The van der Waals surface area contributed by atoms with E-state index >= 15 is 0 Å². The molecule has 0 aromatic carbocycles. The maximum Gasteiger partial charge on any atom is 0.335 e. The lowest BCUT2D eigenvalue weighted by atomic mass is 9.68. The number of rotatable bonds is 19. The quantitative estimate of drug-likeness (QED) is 0.0666. The number of unbranched alkanes of at least 4 members (excludes halogenated alkanes) is 2. The summed E-state index contributed by atoms with van der Waals surface area (Å²) in [6.07, 6.45) is 29.1. The minimum absolute atomic E-state index is 0.0259. The van der Waals surface area contributed by atoms with Crippen LogP contribution in [0.3, 0.4) is 0 Å². The largest absolute Gasteiger partial charge is 0.462 e. The van der Waals surface area contributed by atoms with Crippen molar-refractivity contribution >= 4 is 11.9 Å². The van der Waals surface area contributed by atoms with Gasteiger partial charge in [-0.2, -0.15) is 0 Å². The van der Waals surface area contributed by atoms with Gasteiger partial charge < -0.3 is 19.3 Å². The predicted octanol–water partition coefficient (Wildman–Crippen LogP) is 8.78. The van der Waals surface area contributed by atoms with Gasteiger partial charge in [0.15, 0.2) is 0 Å². The minimum atomic E-state index is -0.608. The molecule has 3 rings (SSSR count).